The fourth-order valence-electron chi connectivity index (χ4n) is 3.84. The first-order chi connectivity index (χ1) is 13.1. The second-order valence-corrected chi connectivity index (χ2v) is 7.60. The number of fused-ring (bicyclic) bond motifs is 1. The summed E-state index contributed by atoms with van der Waals surface area (Å²) in [5, 5.41) is 3.08. The van der Waals surface area contributed by atoms with Crippen molar-refractivity contribution in [1.82, 2.24) is 10.2 Å². The number of amides is 1. The summed E-state index contributed by atoms with van der Waals surface area (Å²) in [4.78, 5) is 14.5. The third-order valence-corrected chi connectivity index (χ3v) is 5.32. The molecule has 0 fully saturated rings. The lowest BCUT2D eigenvalue weighted by atomic mass is 9.97. The number of allylic oxidation sites excluding steroid dienone is 1. The zero-order chi connectivity index (χ0) is 19.1. The first-order valence-corrected chi connectivity index (χ1v) is 10.1. The van der Waals surface area contributed by atoms with Crippen molar-refractivity contribution >= 4 is 5.91 Å². The van der Waals surface area contributed by atoms with Gasteiger partial charge in [0.15, 0.2) is 0 Å². The van der Waals surface area contributed by atoms with Crippen molar-refractivity contribution in [3.63, 3.8) is 0 Å². The number of benzene rings is 1. The second-order valence-electron chi connectivity index (χ2n) is 7.60. The Labute approximate surface area is 162 Å². The molecule has 0 spiro atoms. The van der Waals surface area contributed by atoms with Gasteiger partial charge >= 0.3 is 0 Å². The van der Waals surface area contributed by atoms with E-state index in [1.807, 2.05) is 12.1 Å². The molecule has 2 aliphatic rings. The van der Waals surface area contributed by atoms with Gasteiger partial charge in [0.1, 0.15) is 17.6 Å². The normalized spacial score (nSPS) is 20.1. The Morgan fingerprint density at radius 3 is 3.04 bits per heavy atom. The smallest absolute Gasteiger partial charge is 0.221 e. The highest BCUT2D eigenvalue weighted by atomic mass is 16.5. The first kappa shape index (κ1) is 19.7. The van der Waals surface area contributed by atoms with Crippen LogP contribution in [-0.4, -0.2) is 43.7 Å². The number of carbonyl (C=O) groups excluding carboxylic acids is 1. The first-order valence-electron chi connectivity index (χ1n) is 10.1. The van der Waals surface area contributed by atoms with E-state index in [1.54, 1.807) is 7.11 Å². The highest BCUT2D eigenvalue weighted by molar-refractivity contribution is 5.76. The van der Waals surface area contributed by atoms with E-state index >= 15 is 0 Å². The Balaban J connectivity index is 1.45. The maximum absolute atomic E-state index is 12.2. The fraction of sp³-hybridized carbons (Fsp3) is 0.591. The van der Waals surface area contributed by atoms with Gasteiger partial charge in [-0.3, -0.25) is 9.69 Å². The van der Waals surface area contributed by atoms with Crippen LogP contribution in [0.1, 0.15) is 51.0 Å². The molecule has 1 amide bonds. The number of methoxy groups -OCH3 is 1. The maximum Gasteiger partial charge on any atom is 0.221 e. The monoisotopic (exact) mass is 372 g/mol. The van der Waals surface area contributed by atoms with Gasteiger partial charge in [-0.15, -0.1) is 0 Å². The van der Waals surface area contributed by atoms with Gasteiger partial charge in [-0.05, 0) is 45.1 Å². The van der Waals surface area contributed by atoms with Crippen LogP contribution in [0.3, 0.4) is 0 Å². The summed E-state index contributed by atoms with van der Waals surface area (Å²) < 4.78 is 11.3. The molecule has 0 saturated heterocycles. The van der Waals surface area contributed by atoms with E-state index in [2.05, 4.69) is 29.3 Å². The molecule has 0 aromatic heterocycles. The maximum atomic E-state index is 12.2. The highest BCUT2D eigenvalue weighted by Gasteiger charge is 2.21. The van der Waals surface area contributed by atoms with Gasteiger partial charge < -0.3 is 14.8 Å². The SMILES string of the molecule is COc1ccc2c(c1)OC(C)CN(CCC(=O)NCCC1=CCCCC1)C2. The van der Waals surface area contributed by atoms with Crippen molar-refractivity contribution in [2.75, 3.05) is 26.7 Å². The molecule has 27 heavy (non-hydrogen) atoms. The molecule has 1 aliphatic carbocycles. The third-order valence-electron chi connectivity index (χ3n) is 5.32. The van der Waals surface area contributed by atoms with Crippen molar-refractivity contribution in [3.05, 3.63) is 35.4 Å². The quantitative estimate of drug-likeness (QED) is 0.742. The molecule has 1 atom stereocenters. The molecular weight excluding hydrogens is 340 g/mol. The van der Waals surface area contributed by atoms with Crippen LogP contribution in [0.25, 0.3) is 0 Å². The Hall–Kier alpha value is -2.01. The van der Waals surface area contributed by atoms with E-state index in [1.165, 1.54) is 31.3 Å². The lowest BCUT2D eigenvalue weighted by Gasteiger charge is -2.21. The van der Waals surface area contributed by atoms with Gasteiger partial charge in [-0.2, -0.15) is 0 Å². The Morgan fingerprint density at radius 1 is 1.37 bits per heavy atom. The minimum atomic E-state index is 0.0830. The molecule has 0 bridgehead atoms. The number of hydrogen-bond donors (Lipinski definition) is 1. The Morgan fingerprint density at radius 2 is 2.26 bits per heavy atom. The lowest BCUT2D eigenvalue weighted by Crippen LogP contribution is -2.35. The van der Waals surface area contributed by atoms with Crippen LogP contribution in [0, 0.1) is 0 Å². The van der Waals surface area contributed by atoms with Crippen molar-refractivity contribution in [3.8, 4) is 11.5 Å². The van der Waals surface area contributed by atoms with E-state index in [-0.39, 0.29) is 12.0 Å². The fourth-order valence-corrected chi connectivity index (χ4v) is 3.84. The van der Waals surface area contributed by atoms with Crippen LogP contribution < -0.4 is 14.8 Å². The predicted octanol–water partition coefficient (Wildman–Crippen LogP) is 3.67. The summed E-state index contributed by atoms with van der Waals surface area (Å²) in [5.74, 6) is 1.83. The summed E-state index contributed by atoms with van der Waals surface area (Å²) in [6, 6.07) is 5.96. The van der Waals surface area contributed by atoms with Crippen LogP contribution >= 0.6 is 0 Å². The number of carbonyl (C=O) groups is 1. The molecular formula is C22H32N2O3. The largest absolute Gasteiger partial charge is 0.497 e. The number of hydrogen-bond acceptors (Lipinski definition) is 4. The average molecular weight is 373 g/mol. The zero-order valence-electron chi connectivity index (χ0n) is 16.6. The molecule has 3 rings (SSSR count). The van der Waals surface area contributed by atoms with Gasteiger partial charge in [-0.1, -0.05) is 17.7 Å². The van der Waals surface area contributed by atoms with Gasteiger partial charge in [-0.25, -0.2) is 0 Å². The summed E-state index contributed by atoms with van der Waals surface area (Å²) >= 11 is 0. The van der Waals surface area contributed by atoms with E-state index in [0.717, 1.165) is 49.7 Å². The molecule has 1 unspecified atom stereocenters. The summed E-state index contributed by atoms with van der Waals surface area (Å²) in [7, 11) is 1.66. The van der Waals surface area contributed by atoms with Crippen LogP contribution in [-0.2, 0) is 11.3 Å². The molecule has 1 aromatic carbocycles. The summed E-state index contributed by atoms with van der Waals surface area (Å²) in [6.45, 7) is 5.18. The zero-order valence-corrected chi connectivity index (χ0v) is 16.6. The molecule has 1 N–H and O–H groups in total. The number of ether oxygens (including phenoxy) is 2. The van der Waals surface area contributed by atoms with Gasteiger partial charge in [0.25, 0.3) is 0 Å². The van der Waals surface area contributed by atoms with Crippen molar-refractivity contribution in [1.29, 1.82) is 0 Å². The van der Waals surface area contributed by atoms with E-state index in [0.29, 0.717) is 6.42 Å². The van der Waals surface area contributed by atoms with Crippen molar-refractivity contribution in [2.24, 2.45) is 0 Å². The van der Waals surface area contributed by atoms with E-state index in [4.69, 9.17) is 9.47 Å². The Bertz CT molecular complexity index is 672. The topological polar surface area (TPSA) is 50.8 Å². The molecule has 0 radical (unpaired) electrons. The molecule has 1 aliphatic heterocycles. The molecule has 1 aromatic rings. The molecule has 148 valence electrons. The average Bonchev–Trinajstić information content (AvgIpc) is 2.84. The number of rotatable bonds is 7. The van der Waals surface area contributed by atoms with Gasteiger partial charge in [0.05, 0.1) is 7.11 Å². The van der Waals surface area contributed by atoms with Crippen molar-refractivity contribution in [2.45, 2.75) is 58.1 Å². The van der Waals surface area contributed by atoms with Crippen LogP contribution in [0.2, 0.25) is 0 Å². The van der Waals surface area contributed by atoms with E-state index < -0.39 is 0 Å². The Kier molecular flexibility index (Phi) is 7.16. The molecule has 0 saturated carbocycles. The minimum absolute atomic E-state index is 0.0830. The third kappa shape index (κ3) is 5.99. The predicted molar refractivity (Wildman–Crippen MR) is 107 cm³/mol. The van der Waals surface area contributed by atoms with E-state index in [9.17, 15) is 4.79 Å². The molecule has 5 heteroatoms. The van der Waals surface area contributed by atoms with Gasteiger partial charge in [0, 0.05) is 44.2 Å². The van der Waals surface area contributed by atoms with Crippen molar-refractivity contribution < 1.29 is 14.3 Å². The highest BCUT2D eigenvalue weighted by Crippen LogP contribution is 2.29. The van der Waals surface area contributed by atoms with Crippen LogP contribution in [0.15, 0.2) is 29.8 Å². The van der Waals surface area contributed by atoms with Crippen LogP contribution in [0.4, 0.5) is 0 Å². The summed E-state index contributed by atoms with van der Waals surface area (Å²) in [5.41, 5.74) is 2.65. The number of nitrogens with one attached hydrogen (secondary N) is 1. The van der Waals surface area contributed by atoms with Gasteiger partial charge in [0.2, 0.25) is 5.91 Å². The number of nitrogens with zero attached hydrogens (tertiary/aromatic N) is 1. The second kappa shape index (κ2) is 9.79. The lowest BCUT2D eigenvalue weighted by molar-refractivity contribution is -0.121. The molecule has 1 heterocycles. The summed E-state index contributed by atoms with van der Waals surface area (Å²) in [6.07, 6.45) is 8.96. The standard InChI is InChI=1S/C22H32N2O3/c1-17-15-24(16-19-8-9-20(26-2)14-21(19)27-17)13-11-22(25)23-12-10-18-6-4-3-5-7-18/h6,8-9,14,17H,3-5,7,10-13,15-16H2,1-2H3,(H,23,25). The molecule has 5 nitrogen and oxygen atoms in total. The minimum Gasteiger partial charge on any atom is -0.497 e. The van der Waals surface area contributed by atoms with Crippen LogP contribution in [0.5, 0.6) is 11.5 Å².